The number of para-hydroxylation sites is 1. The van der Waals surface area contributed by atoms with E-state index in [1.807, 2.05) is 0 Å². The lowest BCUT2D eigenvalue weighted by Crippen LogP contribution is -2.42. The summed E-state index contributed by atoms with van der Waals surface area (Å²) in [5.74, 6) is -3.11. The fourth-order valence-electron chi connectivity index (χ4n) is 3.43. The summed E-state index contributed by atoms with van der Waals surface area (Å²) in [6, 6.07) is 16.5. The van der Waals surface area contributed by atoms with E-state index in [9.17, 15) is 18.0 Å². The molecule has 0 spiro atoms. The molecule has 0 radical (unpaired) electrons. The van der Waals surface area contributed by atoms with Crippen molar-refractivity contribution in [3.8, 4) is 0 Å². The van der Waals surface area contributed by atoms with Gasteiger partial charge in [0.25, 0.3) is 15.8 Å². The quantitative estimate of drug-likeness (QED) is 0.362. The third-order valence-electron chi connectivity index (χ3n) is 4.79. The van der Waals surface area contributed by atoms with E-state index in [0.717, 1.165) is 3.97 Å². The second-order valence-electron chi connectivity index (χ2n) is 7.35. The van der Waals surface area contributed by atoms with Crippen molar-refractivity contribution in [3.63, 3.8) is 0 Å². The summed E-state index contributed by atoms with van der Waals surface area (Å²) in [7, 11) is -4.02. The Morgan fingerprint density at radius 3 is 2.10 bits per heavy atom. The maximum atomic E-state index is 13.5. The van der Waals surface area contributed by atoms with E-state index in [0.29, 0.717) is 10.9 Å². The van der Waals surface area contributed by atoms with Crippen LogP contribution in [0.1, 0.15) is 26.5 Å². The summed E-state index contributed by atoms with van der Waals surface area (Å²) in [6.45, 7) is 4.40. The summed E-state index contributed by atoms with van der Waals surface area (Å²) in [6.07, 6.45) is 0. The molecule has 1 aliphatic heterocycles. The van der Waals surface area contributed by atoms with Gasteiger partial charge in [-0.1, -0.05) is 36.4 Å². The van der Waals surface area contributed by atoms with Crippen LogP contribution in [0.4, 0.5) is 0 Å². The third kappa shape index (κ3) is 3.19. The van der Waals surface area contributed by atoms with Crippen LogP contribution < -0.4 is 0 Å². The maximum Gasteiger partial charge on any atom is 0.349 e. The van der Waals surface area contributed by atoms with Crippen LogP contribution in [0, 0.1) is 0 Å². The van der Waals surface area contributed by atoms with Crippen LogP contribution >= 0.6 is 0 Å². The molecule has 8 heteroatoms. The maximum absolute atomic E-state index is 13.5. The fourth-order valence-corrected chi connectivity index (χ4v) is 5.02. The SMILES string of the molecule is CC(=C1C(=O)OC(C)(C)OC1=O)c1cc2ccccc2n1S(=O)(=O)c1ccccc1. The molecule has 7 nitrogen and oxygen atoms in total. The molecule has 2 heterocycles. The van der Waals surface area contributed by atoms with Crippen LogP contribution in [0.3, 0.4) is 0 Å². The van der Waals surface area contributed by atoms with Gasteiger partial charge < -0.3 is 9.47 Å². The van der Waals surface area contributed by atoms with Crippen molar-refractivity contribution in [1.82, 2.24) is 3.97 Å². The molecular formula is C22H19NO6S. The van der Waals surface area contributed by atoms with Crippen LogP contribution in [0.15, 0.2) is 71.1 Å². The zero-order valence-corrected chi connectivity index (χ0v) is 17.4. The van der Waals surface area contributed by atoms with E-state index in [1.54, 1.807) is 48.5 Å². The van der Waals surface area contributed by atoms with Gasteiger partial charge in [0.05, 0.1) is 16.1 Å². The number of carbonyl (C=O) groups excluding carboxylic acids is 2. The number of cyclic esters (lactones) is 2. The Balaban J connectivity index is 2.01. The van der Waals surface area contributed by atoms with E-state index in [4.69, 9.17) is 9.47 Å². The third-order valence-corrected chi connectivity index (χ3v) is 6.53. The minimum absolute atomic E-state index is 0.0836. The zero-order valence-electron chi connectivity index (χ0n) is 16.6. The van der Waals surface area contributed by atoms with E-state index >= 15 is 0 Å². The normalized spacial score (nSPS) is 16.3. The fraction of sp³-hybridized carbons (Fsp3) is 0.182. The number of rotatable bonds is 3. The van der Waals surface area contributed by atoms with Gasteiger partial charge in [0, 0.05) is 19.2 Å². The molecule has 3 aromatic rings. The Morgan fingerprint density at radius 1 is 0.900 bits per heavy atom. The monoisotopic (exact) mass is 425 g/mol. The number of aromatic nitrogens is 1. The summed E-state index contributed by atoms with van der Waals surface area (Å²) in [4.78, 5) is 25.2. The van der Waals surface area contributed by atoms with Crippen molar-refractivity contribution in [2.24, 2.45) is 0 Å². The van der Waals surface area contributed by atoms with Crippen LogP contribution in [-0.2, 0) is 29.1 Å². The molecule has 0 amide bonds. The number of hydrogen-bond donors (Lipinski definition) is 0. The standard InChI is InChI=1S/C22H19NO6S/c1-14(19-20(24)28-22(2,3)29-21(19)25)18-13-15-9-7-8-12-17(15)23(18)30(26,27)16-10-5-4-6-11-16/h4-13H,1-3H3. The molecule has 0 N–H and O–H groups in total. The molecule has 0 aliphatic carbocycles. The van der Waals surface area contributed by atoms with Crippen molar-refractivity contribution in [2.75, 3.05) is 0 Å². The highest BCUT2D eigenvalue weighted by molar-refractivity contribution is 7.90. The number of benzene rings is 2. The van der Waals surface area contributed by atoms with Crippen LogP contribution in [0.5, 0.6) is 0 Å². The summed E-state index contributed by atoms with van der Waals surface area (Å²) < 4.78 is 38.5. The second kappa shape index (κ2) is 6.84. The van der Waals surface area contributed by atoms with Crippen molar-refractivity contribution in [2.45, 2.75) is 31.5 Å². The summed E-state index contributed by atoms with van der Waals surface area (Å²) in [5, 5.41) is 0.643. The number of hydrogen-bond acceptors (Lipinski definition) is 6. The molecule has 1 fully saturated rings. The molecular weight excluding hydrogens is 406 g/mol. The molecule has 1 saturated heterocycles. The highest BCUT2D eigenvalue weighted by Crippen LogP contribution is 2.33. The Hall–Kier alpha value is -3.39. The van der Waals surface area contributed by atoms with Gasteiger partial charge in [-0.3, -0.25) is 0 Å². The number of fused-ring (bicyclic) bond motifs is 1. The molecule has 0 atom stereocenters. The summed E-state index contributed by atoms with van der Waals surface area (Å²) in [5.41, 5.74) is 0.427. The molecule has 1 aliphatic rings. The molecule has 4 rings (SSSR count). The van der Waals surface area contributed by atoms with Gasteiger partial charge in [0.1, 0.15) is 5.57 Å². The first-order chi connectivity index (χ1) is 14.1. The minimum Gasteiger partial charge on any atom is -0.419 e. The lowest BCUT2D eigenvalue weighted by Gasteiger charge is -2.30. The van der Waals surface area contributed by atoms with Gasteiger partial charge >= 0.3 is 11.9 Å². The van der Waals surface area contributed by atoms with Gasteiger partial charge in [0.15, 0.2) is 0 Å². The predicted molar refractivity (Wildman–Crippen MR) is 110 cm³/mol. The molecule has 154 valence electrons. The smallest absolute Gasteiger partial charge is 0.349 e. The minimum atomic E-state index is -4.02. The van der Waals surface area contributed by atoms with E-state index < -0.39 is 27.7 Å². The molecule has 1 aromatic heterocycles. The second-order valence-corrected chi connectivity index (χ2v) is 9.14. The van der Waals surface area contributed by atoms with Crippen LogP contribution in [0.25, 0.3) is 16.5 Å². The highest BCUT2D eigenvalue weighted by atomic mass is 32.2. The number of nitrogens with zero attached hydrogens (tertiary/aromatic N) is 1. The van der Waals surface area contributed by atoms with Gasteiger partial charge in [-0.2, -0.15) is 0 Å². The van der Waals surface area contributed by atoms with Crippen LogP contribution in [-0.4, -0.2) is 30.1 Å². The molecule has 2 aromatic carbocycles. The van der Waals surface area contributed by atoms with Crippen molar-refractivity contribution in [3.05, 3.63) is 71.9 Å². The highest BCUT2D eigenvalue weighted by Gasteiger charge is 2.41. The van der Waals surface area contributed by atoms with Crippen molar-refractivity contribution in [1.29, 1.82) is 0 Å². The van der Waals surface area contributed by atoms with Crippen molar-refractivity contribution < 1.29 is 27.5 Å². The number of esters is 2. The van der Waals surface area contributed by atoms with Gasteiger partial charge in [-0.15, -0.1) is 0 Å². The Bertz CT molecular complexity index is 1290. The summed E-state index contributed by atoms with van der Waals surface area (Å²) >= 11 is 0. The molecule has 0 unspecified atom stereocenters. The lowest BCUT2D eigenvalue weighted by molar-refractivity contribution is -0.222. The molecule has 30 heavy (non-hydrogen) atoms. The van der Waals surface area contributed by atoms with Crippen molar-refractivity contribution >= 4 is 38.4 Å². The average Bonchev–Trinajstić information content (AvgIpc) is 3.07. The van der Waals surface area contributed by atoms with E-state index in [2.05, 4.69) is 0 Å². The van der Waals surface area contributed by atoms with Gasteiger partial charge in [-0.25, -0.2) is 22.0 Å². The first-order valence-corrected chi connectivity index (χ1v) is 10.6. The van der Waals surface area contributed by atoms with Crippen LogP contribution in [0.2, 0.25) is 0 Å². The van der Waals surface area contributed by atoms with Gasteiger partial charge in [-0.05, 0) is 36.8 Å². The number of carbonyl (C=O) groups is 2. The number of ether oxygens (including phenoxy) is 2. The van der Waals surface area contributed by atoms with E-state index in [1.165, 1.54) is 32.9 Å². The molecule has 0 saturated carbocycles. The zero-order chi connectivity index (χ0) is 21.7. The Kier molecular flexibility index (Phi) is 4.54. The average molecular weight is 425 g/mol. The topological polar surface area (TPSA) is 91.7 Å². The first kappa shape index (κ1) is 19.9. The lowest BCUT2D eigenvalue weighted by atomic mass is 10.1. The predicted octanol–water partition coefficient (Wildman–Crippen LogP) is 3.49. The Labute approximate surface area is 173 Å². The van der Waals surface area contributed by atoms with E-state index in [-0.39, 0.29) is 21.7 Å². The largest absolute Gasteiger partial charge is 0.419 e. The number of allylic oxidation sites excluding steroid dienone is 1. The molecule has 0 bridgehead atoms. The van der Waals surface area contributed by atoms with Gasteiger partial charge in [0.2, 0.25) is 0 Å². The Morgan fingerprint density at radius 2 is 1.47 bits per heavy atom. The first-order valence-electron chi connectivity index (χ1n) is 9.21.